The fourth-order valence-electron chi connectivity index (χ4n) is 3.25. The van der Waals surface area contributed by atoms with Crippen LogP contribution in [0.4, 0.5) is 5.88 Å². The number of rotatable bonds is 7. The SMILES string of the molecule is COc1ccc(C(C#N)=Cc2ccc(N3CCN(CCO)CC3)o2)cc1OC.Cl. The van der Waals surface area contributed by atoms with Gasteiger partial charge in [-0.1, -0.05) is 0 Å². The second kappa shape index (κ2) is 10.8. The van der Waals surface area contributed by atoms with Crippen molar-refractivity contribution < 1.29 is 19.0 Å². The largest absolute Gasteiger partial charge is 0.493 e. The summed E-state index contributed by atoms with van der Waals surface area (Å²) in [6.07, 6.45) is 1.73. The second-order valence-electron chi connectivity index (χ2n) is 6.47. The highest BCUT2D eigenvalue weighted by molar-refractivity contribution is 5.89. The Morgan fingerprint density at radius 3 is 2.48 bits per heavy atom. The average Bonchev–Trinajstić information content (AvgIpc) is 3.21. The first kappa shape index (κ1) is 22.6. The number of nitriles is 1. The third-order valence-electron chi connectivity index (χ3n) is 4.81. The molecule has 3 rings (SSSR count). The number of aliphatic hydroxyl groups is 1. The molecule has 7 nitrogen and oxygen atoms in total. The van der Waals surface area contributed by atoms with Crippen molar-refractivity contribution in [1.82, 2.24) is 4.90 Å². The molecule has 1 aliphatic rings. The van der Waals surface area contributed by atoms with E-state index in [9.17, 15) is 5.26 Å². The summed E-state index contributed by atoms with van der Waals surface area (Å²) in [6, 6.07) is 11.4. The van der Waals surface area contributed by atoms with Gasteiger partial charge in [0.05, 0.1) is 32.5 Å². The Bertz CT molecular complexity index is 867. The second-order valence-corrected chi connectivity index (χ2v) is 6.47. The maximum Gasteiger partial charge on any atom is 0.196 e. The molecule has 2 heterocycles. The van der Waals surface area contributed by atoms with Gasteiger partial charge in [-0.2, -0.15) is 5.26 Å². The van der Waals surface area contributed by atoms with Crippen molar-refractivity contribution in [2.24, 2.45) is 0 Å². The van der Waals surface area contributed by atoms with E-state index in [1.807, 2.05) is 18.2 Å². The van der Waals surface area contributed by atoms with E-state index in [4.69, 9.17) is 19.0 Å². The molecular formula is C21H26ClN3O4. The number of ether oxygens (including phenoxy) is 2. The van der Waals surface area contributed by atoms with Gasteiger partial charge in [0.2, 0.25) is 0 Å². The Labute approximate surface area is 177 Å². The molecule has 1 aliphatic heterocycles. The van der Waals surface area contributed by atoms with E-state index in [0.717, 1.165) is 37.6 Å². The molecule has 1 aromatic carbocycles. The molecule has 156 valence electrons. The van der Waals surface area contributed by atoms with Crippen LogP contribution in [0.2, 0.25) is 0 Å². The third-order valence-corrected chi connectivity index (χ3v) is 4.81. The molecule has 0 radical (unpaired) electrons. The quantitative estimate of drug-likeness (QED) is 0.691. The zero-order valence-corrected chi connectivity index (χ0v) is 17.4. The molecule has 0 saturated carbocycles. The van der Waals surface area contributed by atoms with Gasteiger partial charge < -0.3 is 23.9 Å². The molecule has 29 heavy (non-hydrogen) atoms. The van der Waals surface area contributed by atoms with Gasteiger partial charge in [0.15, 0.2) is 17.4 Å². The molecule has 0 atom stereocenters. The molecule has 2 aromatic rings. The lowest BCUT2D eigenvalue weighted by Gasteiger charge is -2.34. The van der Waals surface area contributed by atoms with Crippen LogP contribution in [-0.2, 0) is 0 Å². The van der Waals surface area contributed by atoms with Crippen molar-refractivity contribution in [2.45, 2.75) is 0 Å². The summed E-state index contributed by atoms with van der Waals surface area (Å²) < 4.78 is 16.5. The number of allylic oxidation sites excluding steroid dienone is 1. The normalized spacial score (nSPS) is 14.8. The first-order valence-electron chi connectivity index (χ1n) is 9.20. The molecule has 8 heteroatoms. The van der Waals surface area contributed by atoms with Gasteiger partial charge in [-0.25, -0.2) is 0 Å². The number of halogens is 1. The molecule has 0 aliphatic carbocycles. The lowest BCUT2D eigenvalue weighted by molar-refractivity contribution is 0.187. The highest BCUT2D eigenvalue weighted by Crippen LogP contribution is 2.31. The van der Waals surface area contributed by atoms with E-state index in [1.165, 1.54) is 0 Å². The Morgan fingerprint density at radius 2 is 1.86 bits per heavy atom. The van der Waals surface area contributed by atoms with Crippen LogP contribution in [0.15, 0.2) is 34.7 Å². The summed E-state index contributed by atoms with van der Waals surface area (Å²) >= 11 is 0. The maximum absolute atomic E-state index is 9.60. The molecule has 0 spiro atoms. The van der Waals surface area contributed by atoms with Crippen LogP contribution in [-0.4, -0.2) is 63.6 Å². The van der Waals surface area contributed by atoms with Gasteiger partial charge in [0.25, 0.3) is 0 Å². The Hall–Kier alpha value is -2.66. The molecule has 1 saturated heterocycles. The molecule has 0 unspecified atom stereocenters. The molecule has 1 fully saturated rings. The van der Waals surface area contributed by atoms with E-state index in [-0.39, 0.29) is 19.0 Å². The van der Waals surface area contributed by atoms with Crippen LogP contribution in [0.5, 0.6) is 11.5 Å². The predicted molar refractivity (Wildman–Crippen MR) is 115 cm³/mol. The van der Waals surface area contributed by atoms with Crippen molar-refractivity contribution >= 4 is 29.9 Å². The number of hydrogen-bond acceptors (Lipinski definition) is 7. The predicted octanol–water partition coefficient (Wildman–Crippen LogP) is 2.90. The number of methoxy groups -OCH3 is 2. The smallest absolute Gasteiger partial charge is 0.196 e. The number of hydrogen-bond donors (Lipinski definition) is 1. The van der Waals surface area contributed by atoms with E-state index >= 15 is 0 Å². The highest BCUT2D eigenvalue weighted by Gasteiger charge is 2.19. The van der Waals surface area contributed by atoms with Crippen LogP contribution in [0.1, 0.15) is 11.3 Å². The summed E-state index contributed by atoms with van der Waals surface area (Å²) in [4.78, 5) is 4.40. The zero-order chi connectivity index (χ0) is 19.9. The fourth-order valence-corrected chi connectivity index (χ4v) is 3.25. The van der Waals surface area contributed by atoms with E-state index in [1.54, 1.807) is 32.4 Å². The van der Waals surface area contributed by atoms with Crippen molar-refractivity contribution in [3.05, 3.63) is 41.7 Å². The lowest BCUT2D eigenvalue weighted by Crippen LogP contribution is -2.47. The molecule has 0 bridgehead atoms. The van der Waals surface area contributed by atoms with Crippen LogP contribution in [0, 0.1) is 11.3 Å². The van der Waals surface area contributed by atoms with Crippen molar-refractivity contribution in [2.75, 3.05) is 58.5 Å². The van der Waals surface area contributed by atoms with Crippen molar-refractivity contribution in [1.29, 1.82) is 5.26 Å². The molecule has 1 N–H and O–H groups in total. The summed E-state index contributed by atoms with van der Waals surface area (Å²) in [6.45, 7) is 4.36. The van der Waals surface area contributed by atoms with E-state index in [0.29, 0.717) is 29.4 Å². The minimum Gasteiger partial charge on any atom is -0.493 e. The van der Waals surface area contributed by atoms with Gasteiger partial charge in [-0.05, 0) is 35.9 Å². The van der Waals surface area contributed by atoms with Crippen LogP contribution < -0.4 is 14.4 Å². The monoisotopic (exact) mass is 419 g/mol. The number of aliphatic hydroxyl groups excluding tert-OH is 1. The molecular weight excluding hydrogens is 394 g/mol. The van der Waals surface area contributed by atoms with Crippen molar-refractivity contribution in [3.8, 4) is 17.6 Å². The van der Waals surface area contributed by atoms with Gasteiger partial charge >= 0.3 is 0 Å². The van der Waals surface area contributed by atoms with Crippen LogP contribution in [0.3, 0.4) is 0 Å². The third kappa shape index (κ3) is 5.45. The summed E-state index contributed by atoms with van der Waals surface area (Å²) in [5.74, 6) is 2.60. The maximum atomic E-state index is 9.60. The van der Waals surface area contributed by atoms with Gasteiger partial charge in [-0.15, -0.1) is 12.4 Å². The number of β-amino-alcohol motifs (C(OH)–C–C–N with tert-alkyl or cyclic N) is 1. The van der Waals surface area contributed by atoms with E-state index in [2.05, 4.69) is 15.9 Å². The van der Waals surface area contributed by atoms with E-state index < -0.39 is 0 Å². The van der Waals surface area contributed by atoms with Crippen LogP contribution >= 0.6 is 12.4 Å². The summed E-state index contributed by atoms with van der Waals surface area (Å²) in [5, 5.41) is 18.6. The molecule has 1 aromatic heterocycles. The first-order valence-corrected chi connectivity index (χ1v) is 9.20. The lowest BCUT2D eigenvalue weighted by atomic mass is 10.1. The number of nitrogens with zero attached hydrogens (tertiary/aromatic N) is 3. The summed E-state index contributed by atoms with van der Waals surface area (Å²) in [7, 11) is 3.14. The standard InChI is InChI=1S/C21H25N3O4.ClH/c1-26-19-5-3-16(14-20(19)27-2)17(15-22)13-18-4-6-21(28-18)24-9-7-23(8-10-24)11-12-25;/h3-6,13-14,25H,7-12H2,1-2H3;1H. The number of piperazine rings is 1. The highest BCUT2D eigenvalue weighted by atomic mass is 35.5. The minimum absolute atomic E-state index is 0. The topological polar surface area (TPSA) is 82.1 Å². The Balaban J connectivity index is 0.00000300. The van der Waals surface area contributed by atoms with Crippen molar-refractivity contribution in [3.63, 3.8) is 0 Å². The van der Waals surface area contributed by atoms with Gasteiger partial charge in [0.1, 0.15) is 5.76 Å². The average molecular weight is 420 g/mol. The summed E-state index contributed by atoms with van der Waals surface area (Å²) in [5.41, 5.74) is 1.21. The fraction of sp³-hybridized carbons (Fsp3) is 0.381. The molecule has 0 amide bonds. The van der Waals surface area contributed by atoms with Crippen LogP contribution in [0.25, 0.3) is 11.6 Å². The number of anilines is 1. The first-order chi connectivity index (χ1) is 13.7. The zero-order valence-electron chi connectivity index (χ0n) is 16.6. The Morgan fingerprint density at radius 1 is 1.14 bits per heavy atom. The van der Waals surface area contributed by atoms with Gasteiger partial charge in [0, 0.05) is 38.8 Å². The number of furan rings is 1. The minimum atomic E-state index is 0. The van der Waals surface area contributed by atoms with Gasteiger partial charge in [-0.3, -0.25) is 4.90 Å². The Kier molecular flexibility index (Phi) is 8.40. The number of benzene rings is 1.